The Morgan fingerprint density at radius 2 is 2.06 bits per heavy atom. The first-order valence-corrected chi connectivity index (χ1v) is 6.30. The molecule has 0 bridgehead atoms. The van der Waals surface area contributed by atoms with Gasteiger partial charge in [-0.2, -0.15) is 0 Å². The lowest BCUT2D eigenvalue weighted by Gasteiger charge is -2.35. The van der Waals surface area contributed by atoms with Crippen molar-refractivity contribution in [2.75, 3.05) is 7.11 Å². The lowest BCUT2D eigenvalue weighted by atomic mass is 9.89. The van der Waals surface area contributed by atoms with Gasteiger partial charge in [-0.3, -0.25) is 0 Å². The molecule has 2 atom stereocenters. The lowest BCUT2D eigenvalue weighted by molar-refractivity contribution is -0.140. The first kappa shape index (κ1) is 14.8. The fraction of sp³-hybridized carbons (Fsp3) is 0.833. The SMILES string of the molecule is CCC(C)C(NC(=O)NC1CC(OC)C1)C(=O)O. The third-order valence-corrected chi connectivity index (χ3v) is 3.53. The summed E-state index contributed by atoms with van der Waals surface area (Å²) in [5.41, 5.74) is 0. The molecule has 1 fully saturated rings. The van der Waals surface area contributed by atoms with Crippen molar-refractivity contribution in [1.29, 1.82) is 0 Å². The van der Waals surface area contributed by atoms with Gasteiger partial charge in [-0.1, -0.05) is 20.3 Å². The fourth-order valence-corrected chi connectivity index (χ4v) is 1.93. The molecule has 2 unspecified atom stereocenters. The Labute approximate surface area is 107 Å². The predicted molar refractivity (Wildman–Crippen MR) is 66.4 cm³/mol. The normalized spacial score (nSPS) is 25.7. The van der Waals surface area contributed by atoms with Gasteiger partial charge in [0.15, 0.2) is 0 Å². The minimum atomic E-state index is -0.997. The zero-order valence-corrected chi connectivity index (χ0v) is 11.1. The van der Waals surface area contributed by atoms with Crippen LogP contribution in [0.25, 0.3) is 0 Å². The molecule has 6 heteroatoms. The van der Waals surface area contributed by atoms with Crippen molar-refractivity contribution in [1.82, 2.24) is 10.6 Å². The van der Waals surface area contributed by atoms with Crippen LogP contribution in [0.1, 0.15) is 33.1 Å². The molecule has 1 aliphatic carbocycles. The van der Waals surface area contributed by atoms with Crippen molar-refractivity contribution in [2.24, 2.45) is 5.92 Å². The van der Waals surface area contributed by atoms with E-state index in [1.807, 2.05) is 13.8 Å². The highest BCUT2D eigenvalue weighted by Crippen LogP contribution is 2.22. The molecule has 1 aliphatic rings. The molecule has 0 radical (unpaired) electrons. The number of carbonyl (C=O) groups excluding carboxylic acids is 1. The number of rotatable bonds is 6. The van der Waals surface area contributed by atoms with Crippen molar-refractivity contribution in [3.63, 3.8) is 0 Å². The summed E-state index contributed by atoms with van der Waals surface area (Å²) < 4.78 is 5.11. The van der Waals surface area contributed by atoms with Crippen molar-refractivity contribution >= 4 is 12.0 Å². The van der Waals surface area contributed by atoms with E-state index < -0.39 is 18.0 Å². The van der Waals surface area contributed by atoms with Gasteiger partial charge < -0.3 is 20.5 Å². The summed E-state index contributed by atoms with van der Waals surface area (Å²) in [5, 5.41) is 14.3. The number of urea groups is 1. The van der Waals surface area contributed by atoms with E-state index in [0.29, 0.717) is 6.42 Å². The van der Waals surface area contributed by atoms with E-state index in [9.17, 15) is 9.59 Å². The van der Waals surface area contributed by atoms with Gasteiger partial charge in [0.1, 0.15) is 6.04 Å². The Morgan fingerprint density at radius 3 is 2.50 bits per heavy atom. The van der Waals surface area contributed by atoms with Crippen LogP contribution in [0, 0.1) is 5.92 Å². The number of amides is 2. The summed E-state index contributed by atoms with van der Waals surface area (Å²) in [6.45, 7) is 3.71. The van der Waals surface area contributed by atoms with Crippen LogP contribution in [0.15, 0.2) is 0 Å². The predicted octanol–water partition coefficient (Wildman–Crippen LogP) is 0.962. The molecule has 104 valence electrons. The maximum atomic E-state index is 11.7. The van der Waals surface area contributed by atoms with E-state index in [-0.39, 0.29) is 18.1 Å². The summed E-state index contributed by atoms with van der Waals surface area (Å²) in [4.78, 5) is 22.7. The van der Waals surface area contributed by atoms with Gasteiger partial charge in [0.25, 0.3) is 0 Å². The Bertz CT molecular complexity index is 302. The minimum absolute atomic E-state index is 0.0846. The fourth-order valence-electron chi connectivity index (χ4n) is 1.93. The first-order valence-electron chi connectivity index (χ1n) is 6.30. The first-order chi connectivity index (χ1) is 8.47. The van der Waals surface area contributed by atoms with Gasteiger partial charge in [0.05, 0.1) is 6.10 Å². The van der Waals surface area contributed by atoms with Crippen molar-refractivity contribution < 1.29 is 19.4 Å². The standard InChI is InChI=1S/C12H22N2O4/c1-4-7(2)10(11(15)16)14-12(17)13-8-5-9(6-8)18-3/h7-10H,4-6H2,1-3H3,(H,15,16)(H2,13,14,17). The summed E-state index contributed by atoms with van der Waals surface area (Å²) in [5.74, 6) is -1.09. The molecule has 1 rings (SSSR count). The maximum absolute atomic E-state index is 11.7. The van der Waals surface area contributed by atoms with Gasteiger partial charge in [0.2, 0.25) is 0 Å². The van der Waals surface area contributed by atoms with E-state index >= 15 is 0 Å². The second kappa shape index (κ2) is 6.58. The molecule has 0 spiro atoms. The van der Waals surface area contributed by atoms with Crippen LogP contribution in [0.4, 0.5) is 4.79 Å². The molecule has 0 aromatic rings. The molecule has 3 N–H and O–H groups in total. The number of ether oxygens (including phenoxy) is 1. The van der Waals surface area contributed by atoms with Gasteiger partial charge in [-0.15, -0.1) is 0 Å². The van der Waals surface area contributed by atoms with Crippen LogP contribution >= 0.6 is 0 Å². The smallest absolute Gasteiger partial charge is 0.326 e. The van der Waals surface area contributed by atoms with Crippen LogP contribution in [-0.2, 0) is 9.53 Å². The number of aliphatic carboxylic acids is 1. The van der Waals surface area contributed by atoms with Crippen LogP contribution in [0.2, 0.25) is 0 Å². The van der Waals surface area contributed by atoms with Gasteiger partial charge in [0, 0.05) is 13.2 Å². The van der Waals surface area contributed by atoms with Crippen molar-refractivity contribution in [3.05, 3.63) is 0 Å². The number of nitrogens with one attached hydrogen (secondary N) is 2. The van der Waals surface area contributed by atoms with Crippen LogP contribution in [0.5, 0.6) is 0 Å². The number of carboxylic acid groups (broad SMARTS) is 1. The molecule has 0 aliphatic heterocycles. The molecular formula is C12H22N2O4. The average molecular weight is 258 g/mol. The van der Waals surface area contributed by atoms with Gasteiger partial charge in [-0.05, 0) is 18.8 Å². The van der Waals surface area contributed by atoms with Gasteiger partial charge in [-0.25, -0.2) is 9.59 Å². The molecule has 0 aromatic carbocycles. The third-order valence-electron chi connectivity index (χ3n) is 3.53. The van der Waals surface area contributed by atoms with E-state index in [2.05, 4.69) is 10.6 Å². The number of carboxylic acids is 1. The second-order valence-corrected chi connectivity index (χ2v) is 4.85. The summed E-state index contributed by atoms with van der Waals surface area (Å²) in [7, 11) is 1.64. The lowest BCUT2D eigenvalue weighted by Crippen LogP contribution is -2.55. The van der Waals surface area contributed by atoms with Crippen LogP contribution in [0.3, 0.4) is 0 Å². The van der Waals surface area contributed by atoms with Gasteiger partial charge >= 0.3 is 12.0 Å². The second-order valence-electron chi connectivity index (χ2n) is 4.85. The van der Waals surface area contributed by atoms with E-state index in [1.165, 1.54) is 0 Å². The molecule has 0 saturated heterocycles. The molecule has 0 heterocycles. The summed E-state index contributed by atoms with van der Waals surface area (Å²) in [6.07, 6.45) is 2.47. The van der Waals surface area contributed by atoms with Crippen LogP contribution < -0.4 is 10.6 Å². The quantitative estimate of drug-likeness (QED) is 0.662. The summed E-state index contributed by atoms with van der Waals surface area (Å²) in [6, 6.07) is -1.17. The van der Waals surface area contributed by atoms with Crippen molar-refractivity contribution in [3.8, 4) is 0 Å². The monoisotopic (exact) mass is 258 g/mol. The number of hydrogen-bond acceptors (Lipinski definition) is 3. The van der Waals surface area contributed by atoms with Crippen LogP contribution in [-0.4, -0.2) is 42.4 Å². The number of carbonyl (C=O) groups is 2. The zero-order valence-electron chi connectivity index (χ0n) is 11.1. The molecule has 6 nitrogen and oxygen atoms in total. The molecule has 18 heavy (non-hydrogen) atoms. The van der Waals surface area contributed by atoms with Crippen molar-refractivity contribution in [2.45, 2.75) is 51.3 Å². The van der Waals surface area contributed by atoms with E-state index in [4.69, 9.17) is 9.84 Å². The number of methoxy groups -OCH3 is 1. The molecule has 0 aromatic heterocycles. The van der Waals surface area contributed by atoms with E-state index in [0.717, 1.165) is 12.8 Å². The average Bonchev–Trinajstić information content (AvgIpc) is 2.28. The Hall–Kier alpha value is -1.30. The third kappa shape index (κ3) is 3.87. The molecule has 2 amide bonds. The highest BCUT2D eigenvalue weighted by molar-refractivity contribution is 5.82. The highest BCUT2D eigenvalue weighted by atomic mass is 16.5. The minimum Gasteiger partial charge on any atom is -0.480 e. The summed E-state index contributed by atoms with van der Waals surface area (Å²) >= 11 is 0. The number of hydrogen-bond donors (Lipinski definition) is 3. The van der Waals surface area contributed by atoms with E-state index in [1.54, 1.807) is 7.11 Å². The Kier molecular flexibility index (Phi) is 5.40. The maximum Gasteiger partial charge on any atom is 0.326 e. The Morgan fingerprint density at radius 1 is 1.44 bits per heavy atom. The zero-order chi connectivity index (χ0) is 13.7. The topological polar surface area (TPSA) is 87.7 Å². The molecule has 1 saturated carbocycles. The largest absolute Gasteiger partial charge is 0.480 e. The molecular weight excluding hydrogens is 236 g/mol. The highest BCUT2D eigenvalue weighted by Gasteiger charge is 2.32. The Balaban J connectivity index is 2.36.